The second kappa shape index (κ2) is 5.95. The molecule has 2 N–H and O–H groups in total. The Hall–Kier alpha value is -2.03. The summed E-state index contributed by atoms with van der Waals surface area (Å²) in [7, 11) is 0. The van der Waals surface area contributed by atoms with Crippen molar-refractivity contribution in [2.45, 2.75) is 26.3 Å². The molecular formula is C11H15N5O3S. The van der Waals surface area contributed by atoms with Gasteiger partial charge in [-0.1, -0.05) is 18.3 Å². The third-order valence-corrected chi connectivity index (χ3v) is 3.71. The Morgan fingerprint density at radius 3 is 2.85 bits per heavy atom. The molecule has 3 amide bonds. The number of piperazine rings is 1. The van der Waals surface area contributed by atoms with E-state index >= 15 is 0 Å². The van der Waals surface area contributed by atoms with E-state index < -0.39 is 23.8 Å². The SMILES string of the molecule is CCNc1nnc(C(=O)N2CC(=O)NC(=O)C2CC)s1. The summed E-state index contributed by atoms with van der Waals surface area (Å²) in [6.45, 7) is 4.22. The fourth-order valence-electron chi connectivity index (χ4n) is 1.94. The Morgan fingerprint density at radius 2 is 2.20 bits per heavy atom. The molecule has 1 fully saturated rings. The summed E-state index contributed by atoms with van der Waals surface area (Å²) in [5, 5.41) is 13.5. The molecule has 1 atom stereocenters. The van der Waals surface area contributed by atoms with Crippen LogP contribution in [0.4, 0.5) is 5.13 Å². The summed E-state index contributed by atoms with van der Waals surface area (Å²) in [4.78, 5) is 36.7. The summed E-state index contributed by atoms with van der Waals surface area (Å²) in [5.41, 5.74) is 0. The smallest absolute Gasteiger partial charge is 0.286 e. The number of aromatic nitrogens is 2. The number of carbonyl (C=O) groups is 3. The van der Waals surface area contributed by atoms with Crippen molar-refractivity contribution in [3.05, 3.63) is 5.01 Å². The molecule has 20 heavy (non-hydrogen) atoms. The Labute approximate surface area is 119 Å². The first-order valence-corrected chi connectivity index (χ1v) is 7.10. The zero-order chi connectivity index (χ0) is 14.7. The number of amides is 3. The average Bonchev–Trinajstić information content (AvgIpc) is 2.86. The van der Waals surface area contributed by atoms with Gasteiger partial charge in [0.1, 0.15) is 12.6 Å². The lowest BCUT2D eigenvalue weighted by Crippen LogP contribution is -2.59. The fourth-order valence-corrected chi connectivity index (χ4v) is 2.71. The summed E-state index contributed by atoms with van der Waals surface area (Å²) in [5.74, 6) is -1.38. The van der Waals surface area contributed by atoms with E-state index in [0.29, 0.717) is 18.1 Å². The number of carbonyl (C=O) groups excluding carboxylic acids is 3. The van der Waals surface area contributed by atoms with Crippen LogP contribution in [0.25, 0.3) is 0 Å². The van der Waals surface area contributed by atoms with Gasteiger partial charge in [-0.2, -0.15) is 0 Å². The van der Waals surface area contributed by atoms with Crippen LogP contribution in [0.2, 0.25) is 0 Å². The lowest BCUT2D eigenvalue weighted by Gasteiger charge is -2.32. The van der Waals surface area contributed by atoms with Gasteiger partial charge >= 0.3 is 0 Å². The third-order valence-electron chi connectivity index (χ3n) is 2.84. The number of nitrogens with one attached hydrogen (secondary N) is 2. The zero-order valence-corrected chi connectivity index (χ0v) is 12.0. The molecular weight excluding hydrogens is 282 g/mol. The van der Waals surface area contributed by atoms with Gasteiger partial charge in [-0.15, -0.1) is 10.2 Å². The molecule has 0 spiro atoms. The van der Waals surface area contributed by atoms with E-state index in [0.717, 1.165) is 11.3 Å². The maximum atomic E-state index is 12.4. The van der Waals surface area contributed by atoms with E-state index in [4.69, 9.17) is 0 Å². The largest absolute Gasteiger partial charge is 0.360 e. The molecule has 1 aromatic rings. The van der Waals surface area contributed by atoms with Crippen LogP contribution in [0.5, 0.6) is 0 Å². The number of nitrogens with zero attached hydrogens (tertiary/aromatic N) is 3. The molecule has 9 heteroatoms. The van der Waals surface area contributed by atoms with Crippen LogP contribution in [-0.4, -0.2) is 52.0 Å². The fraction of sp³-hybridized carbons (Fsp3) is 0.545. The Morgan fingerprint density at radius 1 is 1.45 bits per heavy atom. The summed E-state index contributed by atoms with van der Waals surface area (Å²) in [6, 6.07) is -0.647. The Kier molecular flexibility index (Phi) is 4.28. The van der Waals surface area contributed by atoms with Gasteiger partial charge in [-0.05, 0) is 13.3 Å². The number of anilines is 1. The summed E-state index contributed by atoms with van der Waals surface area (Å²) in [6.07, 6.45) is 0.434. The van der Waals surface area contributed by atoms with Crippen LogP contribution in [-0.2, 0) is 9.59 Å². The second-order valence-electron chi connectivity index (χ2n) is 4.21. The van der Waals surface area contributed by atoms with Gasteiger partial charge in [-0.3, -0.25) is 19.7 Å². The molecule has 0 bridgehead atoms. The first-order valence-electron chi connectivity index (χ1n) is 6.28. The van der Waals surface area contributed by atoms with Crippen molar-refractivity contribution in [3.8, 4) is 0 Å². The quantitative estimate of drug-likeness (QED) is 0.749. The highest BCUT2D eigenvalue weighted by atomic mass is 32.1. The average molecular weight is 297 g/mol. The minimum Gasteiger partial charge on any atom is -0.360 e. The van der Waals surface area contributed by atoms with Gasteiger partial charge in [0.2, 0.25) is 22.0 Å². The van der Waals surface area contributed by atoms with Gasteiger partial charge in [0.05, 0.1) is 0 Å². The van der Waals surface area contributed by atoms with Gasteiger partial charge in [-0.25, -0.2) is 0 Å². The lowest BCUT2D eigenvalue weighted by molar-refractivity contribution is -0.138. The highest BCUT2D eigenvalue weighted by Gasteiger charge is 2.37. The first kappa shape index (κ1) is 14.4. The number of hydrogen-bond donors (Lipinski definition) is 2. The van der Waals surface area contributed by atoms with Crippen LogP contribution in [0, 0.1) is 0 Å². The first-order chi connectivity index (χ1) is 9.56. The summed E-state index contributed by atoms with van der Waals surface area (Å²) < 4.78 is 0. The molecule has 0 aromatic carbocycles. The van der Waals surface area contributed by atoms with Gasteiger partial charge in [0.15, 0.2) is 0 Å². The topological polar surface area (TPSA) is 104 Å². The van der Waals surface area contributed by atoms with E-state index in [1.165, 1.54) is 4.90 Å². The van der Waals surface area contributed by atoms with Crippen molar-refractivity contribution in [2.75, 3.05) is 18.4 Å². The number of rotatable bonds is 4. The molecule has 2 heterocycles. The molecule has 2 rings (SSSR count). The standard InChI is InChI=1S/C11H15N5O3S/c1-3-6-8(18)13-7(17)5-16(6)10(19)9-14-15-11(20-9)12-4-2/h6H,3-5H2,1-2H3,(H,12,15)(H,13,17,18). The predicted octanol–water partition coefficient (Wildman–Crippen LogP) is -0.153. The highest BCUT2D eigenvalue weighted by Crippen LogP contribution is 2.19. The molecule has 1 aliphatic rings. The van der Waals surface area contributed by atoms with Crippen LogP contribution in [0.15, 0.2) is 0 Å². The van der Waals surface area contributed by atoms with Gasteiger partial charge in [0, 0.05) is 6.54 Å². The molecule has 1 saturated heterocycles. The second-order valence-corrected chi connectivity index (χ2v) is 5.19. The Bertz CT molecular complexity index is 544. The summed E-state index contributed by atoms with van der Waals surface area (Å²) >= 11 is 1.11. The molecule has 1 aliphatic heterocycles. The van der Waals surface area contributed by atoms with E-state index in [1.807, 2.05) is 6.92 Å². The van der Waals surface area contributed by atoms with Crippen molar-refractivity contribution in [3.63, 3.8) is 0 Å². The van der Waals surface area contributed by atoms with E-state index in [-0.39, 0.29) is 11.6 Å². The molecule has 1 aromatic heterocycles. The molecule has 0 aliphatic carbocycles. The van der Waals surface area contributed by atoms with Crippen molar-refractivity contribution in [1.82, 2.24) is 20.4 Å². The zero-order valence-electron chi connectivity index (χ0n) is 11.2. The van der Waals surface area contributed by atoms with Crippen molar-refractivity contribution < 1.29 is 14.4 Å². The van der Waals surface area contributed by atoms with Crippen molar-refractivity contribution in [2.24, 2.45) is 0 Å². The maximum absolute atomic E-state index is 12.4. The van der Waals surface area contributed by atoms with Crippen molar-refractivity contribution >= 4 is 34.2 Å². The molecule has 0 saturated carbocycles. The van der Waals surface area contributed by atoms with Gasteiger partial charge in [0.25, 0.3) is 5.91 Å². The predicted molar refractivity (Wildman–Crippen MR) is 72.3 cm³/mol. The van der Waals surface area contributed by atoms with E-state index in [1.54, 1.807) is 6.92 Å². The van der Waals surface area contributed by atoms with Crippen LogP contribution >= 0.6 is 11.3 Å². The minimum atomic E-state index is -0.647. The lowest BCUT2D eigenvalue weighted by atomic mass is 10.1. The minimum absolute atomic E-state index is 0.140. The number of hydrogen-bond acceptors (Lipinski definition) is 7. The van der Waals surface area contributed by atoms with E-state index in [2.05, 4.69) is 20.8 Å². The Balaban J connectivity index is 2.20. The van der Waals surface area contributed by atoms with Crippen molar-refractivity contribution in [1.29, 1.82) is 0 Å². The third kappa shape index (κ3) is 2.77. The monoisotopic (exact) mass is 297 g/mol. The molecule has 0 radical (unpaired) electrons. The normalized spacial score (nSPS) is 18.9. The van der Waals surface area contributed by atoms with E-state index in [9.17, 15) is 14.4 Å². The molecule has 8 nitrogen and oxygen atoms in total. The maximum Gasteiger partial charge on any atom is 0.286 e. The van der Waals surface area contributed by atoms with Crippen LogP contribution in [0.1, 0.15) is 30.1 Å². The van der Waals surface area contributed by atoms with Crippen LogP contribution in [0.3, 0.4) is 0 Å². The molecule has 108 valence electrons. The van der Waals surface area contributed by atoms with Crippen LogP contribution < -0.4 is 10.6 Å². The highest BCUT2D eigenvalue weighted by molar-refractivity contribution is 7.17. The van der Waals surface area contributed by atoms with Gasteiger partial charge < -0.3 is 10.2 Å². The molecule has 1 unspecified atom stereocenters. The number of imide groups is 1.